The van der Waals surface area contributed by atoms with Crippen LogP contribution in [-0.2, 0) is 4.74 Å². The molecular weight excluding hydrogens is 114 g/mol. The molecule has 9 heavy (non-hydrogen) atoms. The number of hydrogen-bond acceptors (Lipinski definition) is 2. The van der Waals surface area contributed by atoms with Gasteiger partial charge in [0.2, 0.25) is 0 Å². The Balaban J connectivity index is 2.24. The van der Waals surface area contributed by atoms with Crippen molar-refractivity contribution in [2.75, 3.05) is 13.7 Å². The molecule has 0 bridgehead atoms. The fourth-order valence-electron chi connectivity index (χ4n) is 1.28. The van der Waals surface area contributed by atoms with Gasteiger partial charge < -0.3 is 10.1 Å². The molecular formula is C7H15NO. The summed E-state index contributed by atoms with van der Waals surface area (Å²) in [7, 11) is 1.77. The summed E-state index contributed by atoms with van der Waals surface area (Å²) in [6, 6.07) is 0.606. The summed E-state index contributed by atoms with van der Waals surface area (Å²) in [5, 5.41) is 3.38. The van der Waals surface area contributed by atoms with E-state index < -0.39 is 0 Å². The maximum atomic E-state index is 5.17. The van der Waals surface area contributed by atoms with Crippen LogP contribution in [0.15, 0.2) is 0 Å². The summed E-state index contributed by atoms with van der Waals surface area (Å²) < 4.78 is 5.17. The molecule has 0 saturated carbocycles. The second kappa shape index (κ2) is 3.18. The molecule has 1 aliphatic heterocycles. The molecule has 0 spiro atoms. The van der Waals surface area contributed by atoms with E-state index in [9.17, 15) is 0 Å². The van der Waals surface area contributed by atoms with Crippen molar-refractivity contribution in [1.82, 2.24) is 5.32 Å². The van der Waals surface area contributed by atoms with Gasteiger partial charge in [0.05, 0.1) is 6.10 Å². The predicted molar refractivity (Wildman–Crippen MR) is 37.5 cm³/mol. The van der Waals surface area contributed by atoms with Gasteiger partial charge in [0.25, 0.3) is 0 Å². The van der Waals surface area contributed by atoms with Gasteiger partial charge in [-0.1, -0.05) is 0 Å². The van der Waals surface area contributed by atoms with E-state index in [2.05, 4.69) is 12.2 Å². The third-order valence-electron chi connectivity index (χ3n) is 2.04. The standard InChI is InChI=1S/C7H15NO/c1-6(9-2)7-4-3-5-8-7/h6-8H,3-5H2,1-2H3/t6-,7+/m1/s1. The number of ether oxygens (including phenoxy) is 1. The molecule has 0 aromatic carbocycles. The van der Waals surface area contributed by atoms with Gasteiger partial charge in [-0.2, -0.15) is 0 Å². The number of hydrogen-bond donors (Lipinski definition) is 1. The predicted octanol–water partition coefficient (Wildman–Crippen LogP) is 0.773. The van der Waals surface area contributed by atoms with E-state index in [4.69, 9.17) is 4.74 Å². The Morgan fingerprint density at radius 3 is 2.89 bits per heavy atom. The normalized spacial score (nSPS) is 30.7. The minimum absolute atomic E-state index is 0.382. The molecule has 0 aromatic heterocycles. The first kappa shape index (κ1) is 7.03. The Hall–Kier alpha value is -0.0800. The number of methoxy groups -OCH3 is 1. The first-order chi connectivity index (χ1) is 4.34. The lowest BCUT2D eigenvalue weighted by Gasteiger charge is -2.16. The number of rotatable bonds is 2. The van der Waals surface area contributed by atoms with E-state index in [-0.39, 0.29) is 0 Å². The Morgan fingerprint density at radius 1 is 1.67 bits per heavy atom. The zero-order valence-electron chi connectivity index (χ0n) is 6.18. The maximum Gasteiger partial charge on any atom is 0.0696 e. The first-order valence-corrected chi connectivity index (χ1v) is 3.61. The molecule has 0 unspecified atom stereocenters. The SMILES string of the molecule is CO[C@H](C)[C@@H]1CCCN1. The van der Waals surface area contributed by atoms with Crippen LogP contribution in [0.5, 0.6) is 0 Å². The Kier molecular flexibility index (Phi) is 2.49. The van der Waals surface area contributed by atoms with Crippen molar-refractivity contribution in [3.63, 3.8) is 0 Å². The molecule has 0 aromatic rings. The van der Waals surface area contributed by atoms with Gasteiger partial charge in [0.1, 0.15) is 0 Å². The van der Waals surface area contributed by atoms with Crippen molar-refractivity contribution < 1.29 is 4.74 Å². The second-order valence-electron chi connectivity index (χ2n) is 2.64. The summed E-state index contributed by atoms with van der Waals surface area (Å²) in [4.78, 5) is 0. The molecule has 0 radical (unpaired) electrons. The summed E-state index contributed by atoms with van der Waals surface area (Å²) in [6.45, 7) is 3.28. The van der Waals surface area contributed by atoms with Gasteiger partial charge in [-0.15, -0.1) is 0 Å². The zero-order chi connectivity index (χ0) is 6.69. The van der Waals surface area contributed by atoms with Gasteiger partial charge in [-0.3, -0.25) is 0 Å². The largest absolute Gasteiger partial charge is 0.380 e. The molecule has 0 aliphatic carbocycles. The highest BCUT2D eigenvalue weighted by Crippen LogP contribution is 2.10. The Bertz CT molecular complexity index is 79.0. The molecule has 0 amide bonds. The minimum Gasteiger partial charge on any atom is -0.380 e. The highest BCUT2D eigenvalue weighted by molar-refractivity contribution is 4.78. The molecule has 1 rings (SSSR count). The average molecular weight is 129 g/mol. The number of nitrogens with one attached hydrogen (secondary N) is 1. The Labute approximate surface area is 56.6 Å². The summed E-state index contributed by atoms with van der Waals surface area (Å²) >= 11 is 0. The van der Waals surface area contributed by atoms with Crippen LogP contribution in [0.2, 0.25) is 0 Å². The van der Waals surface area contributed by atoms with Gasteiger partial charge in [0, 0.05) is 13.2 Å². The quantitative estimate of drug-likeness (QED) is 0.594. The van der Waals surface area contributed by atoms with Crippen LogP contribution in [0, 0.1) is 0 Å². The van der Waals surface area contributed by atoms with Crippen LogP contribution in [0.1, 0.15) is 19.8 Å². The third-order valence-corrected chi connectivity index (χ3v) is 2.04. The minimum atomic E-state index is 0.382. The molecule has 1 saturated heterocycles. The first-order valence-electron chi connectivity index (χ1n) is 3.61. The van der Waals surface area contributed by atoms with E-state index in [1.54, 1.807) is 7.11 Å². The van der Waals surface area contributed by atoms with E-state index in [1.165, 1.54) is 19.4 Å². The van der Waals surface area contributed by atoms with Gasteiger partial charge >= 0.3 is 0 Å². The van der Waals surface area contributed by atoms with Crippen molar-refractivity contribution in [2.24, 2.45) is 0 Å². The second-order valence-corrected chi connectivity index (χ2v) is 2.64. The van der Waals surface area contributed by atoms with Crippen LogP contribution < -0.4 is 5.32 Å². The monoisotopic (exact) mass is 129 g/mol. The summed E-state index contributed by atoms with van der Waals surface area (Å²) in [6.07, 6.45) is 2.96. The molecule has 2 nitrogen and oxygen atoms in total. The lowest BCUT2D eigenvalue weighted by molar-refractivity contribution is 0.0894. The van der Waals surface area contributed by atoms with Crippen molar-refractivity contribution in [3.8, 4) is 0 Å². The van der Waals surface area contributed by atoms with Crippen molar-refractivity contribution in [1.29, 1.82) is 0 Å². The molecule has 1 N–H and O–H groups in total. The van der Waals surface area contributed by atoms with E-state index in [0.29, 0.717) is 12.1 Å². The Morgan fingerprint density at radius 2 is 2.44 bits per heavy atom. The highest BCUT2D eigenvalue weighted by atomic mass is 16.5. The summed E-state index contributed by atoms with van der Waals surface area (Å²) in [5.74, 6) is 0. The van der Waals surface area contributed by atoms with Crippen LogP contribution in [0.3, 0.4) is 0 Å². The van der Waals surface area contributed by atoms with Crippen LogP contribution in [0.4, 0.5) is 0 Å². The van der Waals surface area contributed by atoms with Gasteiger partial charge in [0.15, 0.2) is 0 Å². The molecule has 1 heterocycles. The molecule has 2 heteroatoms. The lowest BCUT2D eigenvalue weighted by atomic mass is 10.1. The summed E-state index contributed by atoms with van der Waals surface area (Å²) in [5.41, 5.74) is 0. The average Bonchev–Trinajstić information content (AvgIpc) is 2.37. The fraction of sp³-hybridized carbons (Fsp3) is 1.00. The van der Waals surface area contributed by atoms with Gasteiger partial charge in [-0.05, 0) is 26.3 Å². The van der Waals surface area contributed by atoms with Gasteiger partial charge in [-0.25, -0.2) is 0 Å². The van der Waals surface area contributed by atoms with Crippen LogP contribution in [0.25, 0.3) is 0 Å². The maximum absolute atomic E-state index is 5.17. The van der Waals surface area contributed by atoms with E-state index >= 15 is 0 Å². The van der Waals surface area contributed by atoms with E-state index in [1.807, 2.05) is 0 Å². The van der Waals surface area contributed by atoms with E-state index in [0.717, 1.165) is 0 Å². The molecule has 54 valence electrons. The lowest BCUT2D eigenvalue weighted by Crippen LogP contribution is -2.33. The molecule has 2 atom stereocenters. The molecule has 1 fully saturated rings. The van der Waals surface area contributed by atoms with Crippen LogP contribution >= 0.6 is 0 Å². The highest BCUT2D eigenvalue weighted by Gasteiger charge is 2.19. The van der Waals surface area contributed by atoms with Crippen molar-refractivity contribution in [3.05, 3.63) is 0 Å². The van der Waals surface area contributed by atoms with Crippen LogP contribution in [-0.4, -0.2) is 25.8 Å². The third kappa shape index (κ3) is 1.66. The fourth-order valence-corrected chi connectivity index (χ4v) is 1.28. The zero-order valence-corrected chi connectivity index (χ0v) is 6.18. The van der Waals surface area contributed by atoms with Crippen molar-refractivity contribution >= 4 is 0 Å². The van der Waals surface area contributed by atoms with Crippen molar-refractivity contribution in [2.45, 2.75) is 31.9 Å². The molecule has 1 aliphatic rings. The smallest absolute Gasteiger partial charge is 0.0696 e. The topological polar surface area (TPSA) is 21.3 Å².